The summed E-state index contributed by atoms with van der Waals surface area (Å²) in [6.45, 7) is 2.86. The van der Waals surface area contributed by atoms with Crippen molar-refractivity contribution in [3.63, 3.8) is 0 Å². The summed E-state index contributed by atoms with van der Waals surface area (Å²) in [6, 6.07) is 7.32. The number of nitrogens with one attached hydrogen (secondary N) is 2. The lowest BCUT2D eigenvalue weighted by Gasteiger charge is -2.22. The Hall–Kier alpha value is -1.99. The van der Waals surface area contributed by atoms with Gasteiger partial charge in [0.25, 0.3) is 5.91 Å². The molecule has 1 aliphatic heterocycles. The molecular formula is C15H21ClN6O. The third-order valence-electron chi connectivity index (χ3n) is 3.98. The van der Waals surface area contributed by atoms with Crippen LogP contribution in [0.15, 0.2) is 30.6 Å². The highest BCUT2D eigenvalue weighted by molar-refractivity contribution is 5.97. The van der Waals surface area contributed by atoms with Crippen molar-refractivity contribution in [1.82, 2.24) is 30.8 Å². The van der Waals surface area contributed by atoms with E-state index in [-0.39, 0.29) is 18.3 Å². The summed E-state index contributed by atoms with van der Waals surface area (Å²) in [5.74, 6) is 0.568. The fourth-order valence-electron chi connectivity index (χ4n) is 2.79. The van der Waals surface area contributed by atoms with Gasteiger partial charge in [0.15, 0.2) is 0 Å². The number of nitrogens with zero attached hydrogens (tertiary/aromatic N) is 4. The van der Waals surface area contributed by atoms with Crippen LogP contribution in [-0.2, 0) is 0 Å². The molecule has 1 amide bonds. The van der Waals surface area contributed by atoms with E-state index in [9.17, 15) is 4.79 Å². The lowest BCUT2D eigenvalue weighted by atomic mass is 9.96. The van der Waals surface area contributed by atoms with E-state index in [2.05, 4.69) is 26.2 Å². The van der Waals surface area contributed by atoms with E-state index in [4.69, 9.17) is 0 Å². The van der Waals surface area contributed by atoms with Gasteiger partial charge in [-0.25, -0.2) is 0 Å². The van der Waals surface area contributed by atoms with Crippen molar-refractivity contribution in [2.75, 3.05) is 19.6 Å². The Balaban J connectivity index is 0.00000192. The molecule has 1 aromatic carbocycles. The van der Waals surface area contributed by atoms with Crippen LogP contribution in [0, 0.1) is 5.92 Å². The average Bonchev–Trinajstić information content (AvgIpc) is 3.10. The number of aromatic nitrogens is 4. The Morgan fingerprint density at radius 3 is 3.00 bits per heavy atom. The molecule has 1 aromatic heterocycles. The molecule has 7 nitrogen and oxygen atoms in total. The van der Waals surface area contributed by atoms with E-state index in [1.54, 1.807) is 6.07 Å². The van der Waals surface area contributed by atoms with E-state index in [0.29, 0.717) is 23.7 Å². The number of para-hydroxylation sites is 1. The third kappa shape index (κ3) is 4.49. The van der Waals surface area contributed by atoms with Gasteiger partial charge in [-0.3, -0.25) is 4.79 Å². The maximum atomic E-state index is 12.4. The normalized spacial score (nSPS) is 17.3. The van der Waals surface area contributed by atoms with Gasteiger partial charge in [0.1, 0.15) is 6.33 Å². The molecule has 0 spiro atoms. The van der Waals surface area contributed by atoms with Gasteiger partial charge in [-0.2, -0.15) is 4.68 Å². The Bertz CT molecular complexity index is 612. The molecule has 1 saturated heterocycles. The fraction of sp³-hybridized carbons (Fsp3) is 0.467. The van der Waals surface area contributed by atoms with Crippen LogP contribution in [0.3, 0.4) is 0 Å². The second kappa shape index (κ2) is 8.59. The maximum Gasteiger partial charge on any atom is 0.253 e. The summed E-state index contributed by atoms with van der Waals surface area (Å²) in [5.41, 5.74) is 1.26. The second-order valence-corrected chi connectivity index (χ2v) is 5.53. The average molecular weight is 337 g/mol. The molecule has 1 aliphatic rings. The van der Waals surface area contributed by atoms with E-state index in [1.165, 1.54) is 23.9 Å². The summed E-state index contributed by atoms with van der Waals surface area (Å²) >= 11 is 0. The number of carbonyl (C=O) groups excluding carboxylic acids is 1. The van der Waals surface area contributed by atoms with Crippen molar-refractivity contribution in [2.45, 2.75) is 19.3 Å². The van der Waals surface area contributed by atoms with Gasteiger partial charge in [-0.05, 0) is 60.8 Å². The molecule has 23 heavy (non-hydrogen) atoms. The van der Waals surface area contributed by atoms with E-state index < -0.39 is 0 Å². The van der Waals surface area contributed by atoms with Crippen LogP contribution in [0.4, 0.5) is 0 Å². The maximum absolute atomic E-state index is 12.4. The van der Waals surface area contributed by atoms with Gasteiger partial charge in [-0.1, -0.05) is 12.1 Å². The van der Waals surface area contributed by atoms with Gasteiger partial charge in [0, 0.05) is 6.54 Å². The minimum atomic E-state index is -0.0881. The molecule has 124 valence electrons. The lowest BCUT2D eigenvalue weighted by molar-refractivity contribution is 0.0950. The molecular weight excluding hydrogens is 316 g/mol. The Labute approximate surface area is 141 Å². The molecule has 2 heterocycles. The van der Waals surface area contributed by atoms with Crippen LogP contribution in [0.1, 0.15) is 29.6 Å². The van der Waals surface area contributed by atoms with Crippen molar-refractivity contribution >= 4 is 18.3 Å². The van der Waals surface area contributed by atoms with E-state index in [0.717, 1.165) is 19.5 Å². The number of hydrogen-bond donors (Lipinski definition) is 2. The van der Waals surface area contributed by atoms with Crippen LogP contribution in [0.2, 0.25) is 0 Å². The molecule has 8 heteroatoms. The van der Waals surface area contributed by atoms with Crippen LogP contribution in [0.25, 0.3) is 5.69 Å². The molecule has 2 aromatic rings. The fourth-order valence-corrected chi connectivity index (χ4v) is 2.79. The zero-order chi connectivity index (χ0) is 15.2. The highest BCUT2D eigenvalue weighted by Crippen LogP contribution is 2.14. The summed E-state index contributed by atoms with van der Waals surface area (Å²) in [6.07, 6.45) is 4.95. The van der Waals surface area contributed by atoms with Crippen molar-refractivity contribution < 1.29 is 4.79 Å². The van der Waals surface area contributed by atoms with E-state index in [1.807, 2.05) is 18.2 Å². The molecule has 0 bridgehead atoms. The number of rotatable bonds is 5. The molecule has 0 radical (unpaired) electrons. The number of piperidine rings is 1. The molecule has 0 aliphatic carbocycles. The van der Waals surface area contributed by atoms with Crippen LogP contribution >= 0.6 is 12.4 Å². The minimum absolute atomic E-state index is 0. The monoisotopic (exact) mass is 336 g/mol. The predicted octanol–water partition coefficient (Wildman–Crippen LogP) is 1.20. The first-order valence-electron chi connectivity index (χ1n) is 7.66. The highest BCUT2D eigenvalue weighted by atomic mass is 35.5. The second-order valence-electron chi connectivity index (χ2n) is 5.53. The number of tetrazole rings is 1. The molecule has 1 fully saturated rings. The van der Waals surface area contributed by atoms with Gasteiger partial charge in [-0.15, -0.1) is 17.5 Å². The minimum Gasteiger partial charge on any atom is -0.352 e. The van der Waals surface area contributed by atoms with Gasteiger partial charge >= 0.3 is 0 Å². The first-order valence-corrected chi connectivity index (χ1v) is 7.66. The Morgan fingerprint density at radius 2 is 2.26 bits per heavy atom. The lowest BCUT2D eigenvalue weighted by Crippen LogP contribution is -2.33. The quantitative estimate of drug-likeness (QED) is 0.857. The summed E-state index contributed by atoms with van der Waals surface area (Å²) in [7, 11) is 0. The SMILES string of the molecule is Cl.O=C(NCCC1CCCNC1)c1ccccc1-n1cnnn1. The zero-order valence-corrected chi connectivity index (χ0v) is 13.6. The molecule has 1 atom stereocenters. The first-order chi connectivity index (χ1) is 10.8. The number of hydrogen-bond acceptors (Lipinski definition) is 5. The van der Waals surface area contributed by atoms with Crippen LogP contribution in [-0.4, -0.2) is 45.7 Å². The summed E-state index contributed by atoms with van der Waals surface area (Å²) in [4.78, 5) is 12.4. The van der Waals surface area contributed by atoms with Gasteiger partial charge in [0.2, 0.25) is 0 Å². The third-order valence-corrected chi connectivity index (χ3v) is 3.98. The molecule has 3 rings (SSSR count). The predicted molar refractivity (Wildman–Crippen MR) is 88.9 cm³/mol. The van der Waals surface area contributed by atoms with Crippen molar-refractivity contribution in [3.8, 4) is 5.69 Å². The number of amides is 1. The topological polar surface area (TPSA) is 84.7 Å². The zero-order valence-electron chi connectivity index (χ0n) is 12.8. The Kier molecular flexibility index (Phi) is 6.49. The molecule has 0 saturated carbocycles. The largest absolute Gasteiger partial charge is 0.352 e. The number of carbonyl (C=O) groups is 1. The summed E-state index contributed by atoms with van der Waals surface area (Å²) in [5, 5.41) is 17.5. The van der Waals surface area contributed by atoms with Crippen molar-refractivity contribution in [2.24, 2.45) is 5.92 Å². The van der Waals surface area contributed by atoms with Gasteiger partial charge in [0.05, 0.1) is 11.3 Å². The number of halogens is 1. The number of benzene rings is 1. The first kappa shape index (κ1) is 17.4. The van der Waals surface area contributed by atoms with E-state index >= 15 is 0 Å². The summed E-state index contributed by atoms with van der Waals surface area (Å²) < 4.78 is 1.50. The molecule has 1 unspecified atom stereocenters. The molecule has 2 N–H and O–H groups in total. The Morgan fingerprint density at radius 1 is 1.39 bits per heavy atom. The highest BCUT2D eigenvalue weighted by Gasteiger charge is 2.15. The smallest absolute Gasteiger partial charge is 0.253 e. The van der Waals surface area contributed by atoms with Crippen molar-refractivity contribution in [1.29, 1.82) is 0 Å². The van der Waals surface area contributed by atoms with Crippen molar-refractivity contribution in [3.05, 3.63) is 36.2 Å². The standard InChI is InChI=1S/C15H20N6O.ClH/c22-15(17-9-7-12-4-3-8-16-10-12)13-5-1-2-6-14(13)21-11-18-19-20-21;/h1-2,5-6,11-12,16H,3-4,7-10H2,(H,17,22);1H. The van der Waals surface area contributed by atoms with Crippen LogP contribution < -0.4 is 10.6 Å². The van der Waals surface area contributed by atoms with Crippen LogP contribution in [0.5, 0.6) is 0 Å². The van der Waals surface area contributed by atoms with Gasteiger partial charge < -0.3 is 10.6 Å².